The summed E-state index contributed by atoms with van der Waals surface area (Å²) >= 11 is 17.1. The van der Waals surface area contributed by atoms with Crippen molar-refractivity contribution in [3.8, 4) is 0 Å². The van der Waals surface area contributed by atoms with E-state index in [0.717, 1.165) is 5.56 Å². The lowest BCUT2D eigenvalue weighted by molar-refractivity contribution is -0.116. The number of hydrogen-bond acceptors (Lipinski definition) is 3. The molecule has 0 fully saturated rings. The topological polar surface area (TPSA) is 70.2 Å². The van der Waals surface area contributed by atoms with Crippen LogP contribution in [0.1, 0.15) is 22.3 Å². The summed E-state index contributed by atoms with van der Waals surface area (Å²) in [5, 5.41) is 9.13. The Balaban J connectivity index is 1.54. The van der Waals surface area contributed by atoms with Crippen LogP contribution in [-0.2, 0) is 11.2 Å². The Hall–Kier alpha value is -2.93. The van der Waals surface area contributed by atoms with Gasteiger partial charge in [-0.2, -0.15) is 0 Å². The van der Waals surface area contributed by atoms with Gasteiger partial charge in [0.15, 0.2) is 5.11 Å². The van der Waals surface area contributed by atoms with Gasteiger partial charge in [0.1, 0.15) is 0 Å². The van der Waals surface area contributed by atoms with Gasteiger partial charge in [-0.05, 0) is 60.6 Å². The first-order valence-corrected chi connectivity index (χ1v) is 10.6. The minimum absolute atomic E-state index is 0.0886. The SMILES string of the molecule is O=C(CCc1ccccc1)Nc1cccc(NC(=S)NC(=O)c2ccc(Cl)cc2Cl)c1. The first-order chi connectivity index (χ1) is 14.9. The highest BCUT2D eigenvalue weighted by Gasteiger charge is 2.12. The summed E-state index contributed by atoms with van der Waals surface area (Å²) < 4.78 is 0. The number of carbonyl (C=O) groups excluding carboxylic acids is 2. The van der Waals surface area contributed by atoms with Gasteiger partial charge in [-0.1, -0.05) is 59.6 Å². The minimum Gasteiger partial charge on any atom is -0.332 e. The smallest absolute Gasteiger partial charge is 0.258 e. The van der Waals surface area contributed by atoms with Crippen LogP contribution in [0, 0.1) is 0 Å². The second kappa shape index (κ2) is 10.9. The van der Waals surface area contributed by atoms with Gasteiger partial charge in [0.2, 0.25) is 5.91 Å². The van der Waals surface area contributed by atoms with E-state index in [-0.39, 0.29) is 21.6 Å². The summed E-state index contributed by atoms with van der Waals surface area (Å²) in [5.41, 5.74) is 2.61. The molecular weight excluding hydrogens is 453 g/mol. The Morgan fingerprint density at radius 3 is 2.26 bits per heavy atom. The van der Waals surface area contributed by atoms with Crippen molar-refractivity contribution < 1.29 is 9.59 Å². The lowest BCUT2D eigenvalue weighted by atomic mass is 10.1. The fourth-order valence-electron chi connectivity index (χ4n) is 2.81. The number of nitrogens with one attached hydrogen (secondary N) is 3. The van der Waals surface area contributed by atoms with Crippen LogP contribution in [-0.4, -0.2) is 16.9 Å². The average molecular weight is 472 g/mol. The van der Waals surface area contributed by atoms with Crippen molar-refractivity contribution in [3.63, 3.8) is 0 Å². The van der Waals surface area contributed by atoms with Gasteiger partial charge >= 0.3 is 0 Å². The molecule has 0 saturated heterocycles. The van der Waals surface area contributed by atoms with Crippen molar-refractivity contribution in [1.29, 1.82) is 0 Å². The zero-order chi connectivity index (χ0) is 22.2. The number of amides is 2. The Morgan fingerprint density at radius 2 is 1.55 bits per heavy atom. The van der Waals surface area contributed by atoms with Crippen LogP contribution >= 0.6 is 35.4 Å². The Kier molecular flexibility index (Phi) is 8.00. The largest absolute Gasteiger partial charge is 0.332 e. The third kappa shape index (κ3) is 7.07. The van der Waals surface area contributed by atoms with Crippen LogP contribution in [0.5, 0.6) is 0 Å². The number of anilines is 2. The highest BCUT2D eigenvalue weighted by molar-refractivity contribution is 7.80. The molecule has 0 spiro atoms. The number of benzene rings is 3. The molecule has 0 aromatic heterocycles. The van der Waals surface area contributed by atoms with Gasteiger partial charge in [0, 0.05) is 22.8 Å². The van der Waals surface area contributed by atoms with E-state index in [0.29, 0.717) is 29.2 Å². The van der Waals surface area contributed by atoms with E-state index in [4.69, 9.17) is 35.4 Å². The molecule has 0 aliphatic heterocycles. The highest BCUT2D eigenvalue weighted by atomic mass is 35.5. The molecular formula is C23H19Cl2N3O2S. The standard InChI is InChI=1S/C23H19Cl2N3O2S/c24-16-10-11-19(20(25)13-16)22(30)28-23(31)27-18-8-4-7-17(14-18)26-21(29)12-9-15-5-2-1-3-6-15/h1-8,10-11,13-14H,9,12H2,(H,26,29)(H2,27,28,30,31). The van der Waals surface area contributed by atoms with Crippen molar-refractivity contribution in [2.75, 3.05) is 10.6 Å². The van der Waals surface area contributed by atoms with E-state index >= 15 is 0 Å². The van der Waals surface area contributed by atoms with Crippen molar-refractivity contribution in [2.24, 2.45) is 0 Å². The van der Waals surface area contributed by atoms with E-state index in [1.807, 2.05) is 30.3 Å². The lowest BCUT2D eigenvalue weighted by Crippen LogP contribution is -2.34. The van der Waals surface area contributed by atoms with Crippen molar-refractivity contribution in [2.45, 2.75) is 12.8 Å². The molecule has 8 heteroatoms. The monoisotopic (exact) mass is 471 g/mol. The van der Waals surface area contributed by atoms with Crippen LogP contribution in [0.2, 0.25) is 10.0 Å². The summed E-state index contributed by atoms with van der Waals surface area (Å²) in [4.78, 5) is 24.6. The van der Waals surface area contributed by atoms with Crippen molar-refractivity contribution in [3.05, 3.63) is 94.0 Å². The predicted octanol–water partition coefficient (Wildman–Crippen LogP) is 5.69. The molecule has 0 aliphatic rings. The second-order valence-corrected chi connectivity index (χ2v) is 7.90. The maximum absolute atomic E-state index is 12.4. The number of halogens is 2. The summed E-state index contributed by atoms with van der Waals surface area (Å²) in [7, 11) is 0. The molecule has 31 heavy (non-hydrogen) atoms. The van der Waals surface area contributed by atoms with Gasteiger partial charge in [-0.3, -0.25) is 14.9 Å². The van der Waals surface area contributed by atoms with Crippen molar-refractivity contribution >= 4 is 63.7 Å². The van der Waals surface area contributed by atoms with Crippen LogP contribution in [0.4, 0.5) is 11.4 Å². The summed E-state index contributed by atoms with van der Waals surface area (Å²) in [6.45, 7) is 0. The quantitative estimate of drug-likeness (QED) is 0.403. The first-order valence-electron chi connectivity index (χ1n) is 9.42. The van der Waals surface area contributed by atoms with E-state index in [9.17, 15) is 9.59 Å². The molecule has 158 valence electrons. The molecule has 3 rings (SSSR count). The molecule has 3 aromatic carbocycles. The third-order valence-corrected chi connectivity index (χ3v) is 5.04. The zero-order valence-electron chi connectivity index (χ0n) is 16.3. The Morgan fingerprint density at radius 1 is 0.839 bits per heavy atom. The summed E-state index contributed by atoms with van der Waals surface area (Å²) in [5.74, 6) is -0.543. The molecule has 0 radical (unpaired) electrons. The maximum atomic E-state index is 12.4. The van der Waals surface area contributed by atoms with Crippen LogP contribution < -0.4 is 16.0 Å². The second-order valence-electron chi connectivity index (χ2n) is 6.65. The normalized spacial score (nSPS) is 10.3. The third-order valence-electron chi connectivity index (χ3n) is 4.29. The van der Waals surface area contributed by atoms with E-state index in [2.05, 4.69) is 16.0 Å². The van der Waals surface area contributed by atoms with Crippen LogP contribution in [0.3, 0.4) is 0 Å². The van der Waals surface area contributed by atoms with Crippen LogP contribution in [0.25, 0.3) is 0 Å². The first kappa shape index (κ1) is 22.7. The zero-order valence-corrected chi connectivity index (χ0v) is 18.7. The van der Waals surface area contributed by atoms with Gasteiger partial charge in [-0.15, -0.1) is 0 Å². The number of rotatable bonds is 6. The molecule has 5 nitrogen and oxygen atoms in total. The predicted molar refractivity (Wildman–Crippen MR) is 130 cm³/mol. The molecule has 0 saturated carbocycles. The van der Waals surface area contributed by atoms with E-state index in [1.165, 1.54) is 12.1 Å². The van der Waals surface area contributed by atoms with Crippen LogP contribution in [0.15, 0.2) is 72.8 Å². The molecule has 3 aromatic rings. The van der Waals surface area contributed by atoms with Gasteiger partial charge in [-0.25, -0.2) is 0 Å². The van der Waals surface area contributed by atoms with Gasteiger partial charge < -0.3 is 10.6 Å². The lowest BCUT2D eigenvalue weighted by Gasteiger charge is -2.12. The molecule has 0 unspecified atom stereocenters. The summed E-state index contributed by atoms with van der Waals surface area (Å²) in [6.07, 6.45) is 1.03. The van der Waals surface area contributed by atoms with Gasteiger partial charge in [0.05, 0.1) is 10.6 Å². The summed E-state index contributed by atoms with van der Waals surface area (Å²) in [6, 6.07) is 21.5. The Labute approximate surface area is 195 Å². The van der Waals surface area contributed by atoms with Crippen molar-refractivity contribution in [1.82, 2.24) is 5.32 Å². The fourth-order valence-corrected chi connectivity index (χ4v) is 3.51. The number of aryl methyl sites for hydroxylation is 1. The number of thiocarbonyl (C=S) groups is 1. The molecule has 0 bridgehead atoms. The van der Waals surface area contributed by atoms with E-state index < -0.39 is 5.91 Å². The fraction of sp³-hybridized carbons (Fsp3) is 0.0870. The average Bonchev–Trinajstić information content (AvgIpc) is 2.73. The molecule has 0 heterocycles. The molecule has 0 aliphatic carbocycles. The maximum Gasteiger partial charge on any atom is 0.258 e. The molecule has 3 N–H and O–H groups in total. The number of carbonyl (C=O) groups is 2. The van der Waals surface area contributed by atoms with E-state index in [1.54, 1.807) is 30.3 Å². The minimum atomic E-state index is -0.454. The number of hydrogen-bond donors (Lipinski definition) is 3. The highest BCUT2D eigenvalue weighted by Crippen LogP contribution is 2.21. The van der Waals surface area contributed by atoms with Gasteiger partial charge in [0.25, 0.3) is 5.91 Å². The molecule has 2 amide bonds. The Bertz CT molecular complexity index is 1110. The molecule has 0 atom stereocenters.